The molecule has 1 heteroatoms. The van der Waals surface area contributed by atoms with Crippen molar-refractivity contribution in [3.63, 3.8) is 0 Å². The Morgan fingerprint density at radius 2 is 2.08 bits per heavy atom. The van der Waals surface area contributed by atoms with Crippen molar-refractivity contribution in [2.75, 3.05) is 0 Å². The Bertz CT molecular complexity index is 176. The smallest absolute Gasteiger partial charge is 0.123 e. The number of hydrogen-bond donors (Lipinski definition) is 0. The highest BCUT2D eigenvalue weighted by molar-refractivity contribution is 5.56. The molecule has 1 aliphatic rings. The van der Waals surface area contributed by atoms with Gasteiger partial charge in [0.15, 0.2) is 0 Å². The van der Waals surface area contributed by atoms with Crippen molar-refractivity contribution < 1.29 is 4.79 Å². The SMILES string of the molecule is CC[C@@]1(C)C(C=O)C[C@@H](C)[C@@H]1C. The largest absolute Gasteiger partial charge is 0.303 e. The van der Waals surface area contributed by atoms with Gasteiger partial charge in [-0.25, -0.2) is 0 Å². The van der Waals surface area contributed by atoms with E-state index in [-0.39, 0.29) is 5.41 Å². The van der Waals surface area contributed by atoms with E-state index in [0.717, 1.165) is 12.8 Å². The van der Waals surface area contributed by atoms with E-state index < -0.39 is 0 Å². The predicted molar refractivity (Wildman–Crippen MR) is 50.9 cm³/mol. The van der Waals surface area contributed by atoms with Gasteiger partial charge < -0.3 is 4.79 Å². The summed E-state index contributed by atoms with van der Waals surface area (Å²) in [5.74, 6) is 1.70. The summed E-state index contributed by atoms with van der Waals surface area (Å²) in [7, 11) is 0. The van der Waals surface area contributed by atoms with E-state index in [1.165, 1.54) is 6.29 Å². The van der Waals surface area contributed by atoms with Gasteiger partial charge in [-0.05, 0) is 30.1 Å². The molecule has 4 atom stereocenters. The molecule has 1 rings (SSSR count). The van der Waals surface area contributed by atoms with Crippen LogP contribution in [0.15, 0.2) is 0 Å². The Morgan fingerprint density at radius 1 is 1.50 bits per heavy atom. The first-order valence-electron chi connectivity index (χ1n) is 5.01. The van der Waals surface area contributed by atoms with E-state index in [1.54, 1.807) is 0 Å². The highest BCUT2D eigenvalue weighted by atomic mass is 16.1. The molecule has 0 amide bonds. The standard InChI is InChI=1S/C11H20O/c1-5-11(4)9(3)8(2)6-10(11)7-12/h7-10H,5-6H2,1-4H3/t8-,9+,10?,11-/m1/s1. The van der Waals surface area contributed by atoms with Crippen molar-refractivity contribution in [2.24, 2.45) is 23.2 Å². The van der Waals surface area contributed by atoms with Gasteiger partial charge in [-0.1, -0.05) is 27.7 Å². The molecule has 1 saturated carbocycles. The van der Waals surface area contributed by atoms with Crippen LogP contribution in [0.1, 0.15) is 40.5 Å². The lowest BCUT2D eigenvalue weighted by Gasteiger charge is -2.32. The van der Waals surface area contributed by atoms with E-state index in [9.17, 15) is 4.79 Å². The molecule has 1 aliphatic carbocycles. The van der Waals surface area contributed by atoms with E-state index in [4.69, 9.17) is 0 Å². The van der Waals surface area contributed by atoms with Crippen molar-refractivity contribution in [3.8, 4) is 0 Å². The van der Waals surface area contributed by atoms with Crippen molar-refractivity contribution in [1.29, 1.82) is 0 Å². The summed E-state index contributed by atoms with van der Waals surface area (Å²) in [6.07, 6.45) is 3.39. The summed E-state index contributed by atoms with van der Waals surface area (Å²) < 4.78 is 0. The summed E-state index contributed by atoms with van der Waals surface area (Å²) in [6, 6.07) is 0. The summed E-state index contributed by atoms with van der Waals surface area (Å²) in [5, 5.41) is 0. The normalized spacial score (nSPS) is 47.8. The zero-order valence-corrected chi connectivity index (χ0v) is 8.63. The lowest BCUT2D eigenvalue weighted by Crippen LogP contribution is -2.28. The molecule has 0 spiro atoms. The van der Waals surface area contributed by atoms with Crippen LogP contribution in [0.5, 0.6) is 0 Å². The second kappa shape index (κ2) is 3.20. The number of carbonyl (C=O) groups is 1. The molecule has 0 aromatic carbocycles. The van der Waals surface area contributed by atoms with Crippen LogP contribution in [-0.2, 0) is 4.79 Å². The molecule has 0 saturated heterocycles. The van der Waals surface area contributed by atoms with E-state index in [1.807, 2.05) is 0 Å². The molecule has 0 bridgehead atoms. The van der Waals surface area contributed by atoms with Gasteiger partial charge in [0.2, 0.25) is 0 Å². The minimum absolute atomic E-state index is 0.265. The fourth-order valence-electron chi connectivity index (χ4n) is 2.66. The molecule has 1 nitrogen and oxygen atoms in total. The minimum Gasteiger partial charge on any atom is -0.303 e. The van der Waals surface area contributed by atoms with Crippen LogP contribution in [0, 0.1) is 23.2 Å². The summed E-state index contributed by atoms with van der Waals surface area (Å²) in [4.78, 5) is 10.9. The average Bonchev–Trinajstić information content (AvgIpc) is 2.30. The highest BCUT2D eigenvalue weighted by Gasteiger charge is 2.46. The van der Waals surface area contributed by atoms with Gasteiger partial charge in [0.05, 0.1) is 0 Å². The molecule has 0 radical (unpaired) electrons. The minimum atomic E-state index is 0.265. The fourth-order valence-corrected chi connectivity index (χ4v) is 2.66. The zero-order valence-electron chi connectivity index (χ0n) is 8.63. The maximum absolute atomic E-state index is 10.9. The zero-order chi connectivity index (χ0) is 9.35. The van der Waals surface area contributed by atoms with Crippen LogP contribution in [0.4, 0.5) is 0 Å². The number of hydrogen-bond acceptors (Lipinski definition) is 1. The van der Waals surface area contributed by atoms with E-state index >= 15 is 0 Å². The molecule has 0 aromatic rings. The van der Waals surface area contributed by atoms with Gasteiger partial charge in [-0.15, -0.1) is 0 Å². The highest BCUT2D eigenvalue weighted by Crippen LogP contribution is 2.51. The Kier molecular flexibility index (Phi) is 2.60. The van der Waals surface area contributed by atoms with Gasteiger partial charge in [-0.2, -0.15) is 0 Å². The number of carbonyl (C=O) groups excluding carboxylic acids is 1. The van der Waals surface area contributed by atoms with E-state index in [0.29, 0.717) is 17.8 Å². The number of aldehydes is 1. The third kappa shape index (κ3) is 1.19. The van der Waals surface area contributed by atoms with Crippen LogP contribution in [0.3, 0.4) is 0 Å². The van der Waals surface area contributed by atoms with Crippen molar-refractivity contribution >= 4 is 6.29 Å². The van der Waals surface area contributed by atoms with Gasteiger partial charge >= 0.3 is 0 Å². The fraction of sp³-hybridized carbons (Fsp3) is 0.909. The van der Waals surface area contributed by atoms with Crippen molar-refractivity contribution in [3.05, 3.63) is 0 Å². The molecule has 0 aromatic heterocycles. The van der Waals surface area contributed by atoms with Gasteiger partial charge in [0, 0.05) is 5.92 Å². The van der Waals surface area contributed by atoms with Crippen molar-refractivity contribution in [2.45, 2.75) is 40.5 Å². The maximum atomic E-state index is 10.9. The lowest BCUT2D eigenvalue weighted by atomic mass is 9.72. The summed E-state index contributed by atoms with van der Waals surface area (Å²) in [5.41, 5.74) is 0.265. The molecule has 70 valence electrons. The first-order chi connectivity index (χ1) is 5.56. The van der Waals surface area contributed by atoms with Gasteiger partial charge in [-0.3, -0.25) is 0 Å². The van der Waals surface area contributed by atoms with E-state index in [2.05, 4.69) is 27.7 Å². The molecule has 0 N–H and O–H groups in total. The summed E-state index contributed by atoms with van der Waals surface area (Å²) in [6.45, 7) is 9.02. The van der Waals surface area contributed by atoms with Crippen molar-refractivity contribution in [1.82, 2.24) is 0 Å². The van der Waals surface area contributed by atoms with Crippen LogP contribution >= 0.6 is 0 Å². The predicted octanol–water partition coefficient (Wildman–Crippen LogP) is 2.89. The summed E-state index contributed by atoms with van der Waals surface area (Å²) >= 11 is 0. The Morgan fingerprint density at radius 3 is 2.42 bits per heavy atom. The number of rotatable bonds is 2. The Balaban J connectivity index is 2.87. The monoisotopic (exact) mass is 168 g/mol. The first kappa shape index (κ1) is 9.76. The third-order valence-electron chi connectivity index (χ3n) is 4.29. The van der Waals surface area contributed by atoms with Crippen LogP contribution < -0.4 is 0 Å². The average molecular weight is 168 g/mol. The second-order valence-electron chi connectivity index (χ2n) is 4.60. The molecular formula is C11H20O. The Hall–Kier alpha value is -0.330. The molecule has 12 heavy (non-hydrogen) atoms. The second-order valence-corrected chi connectivity index (χ2v) is 4.60. The lowest BCUT2D eigenvalue weighted by molar-refractivity contribution is -0.114. The van der Waals surface area contributed by atoms with Gasteiger partial charge in [0.1, 0.15) is 6.29 Å². The Labute approximate surface area is 75.5 Å². The molecule has 1 fully saturated rings. The van der Waals surface area contributed by atoms with Crippen LogP contribution in [0.25, 0.3) is 0 Å². The molecule has 1 unspecified atom stereocenters. The van der Waals surface area contributed by atoms with Crippen LogP contribution in [0.2, 0.25) is 0 Å². The molecule has 0 heterocycles. The maximum Gasteiger partial charge on any atom is 0.123 e. The van der Waals surface area contributed by atoms with Gasteiger partial charge in [0.25, 0.3) is 0 Å². The molecular weight excluding hydrogens is 148 g/mol. The third-order valence-corrected chi connectivity index (χ3v) is 4.29. The molecule has 0 aliphatic heterocycles. The first-order valence-corrected chi connectivity index (χ1v) is 5.01. The van der Waals surface area contributed by atoms with Crippen LogP contribution in [-0.4, -0.2) is 6.29 Å². The topological polar surface area (TPSA) is 17.1 Å². The quantitative estimate of drug-likeness (QED) is 0.579.